The Kier molecular flexibility index (Phi) is 142. The summed E-state index contributed by atoms with van der Waals surface area (Å²) < 4.78 is 0. The second-order valence-corrected chi connectivity index (χ2v) is 0. The van der Waals surface area contributed by atoms with Gasteiger partial charge >= 0.3 is 0 Å². The first kappa shape index (κ1) is 31.3. The molecule has 0 nitrogen and oxygen atoms in total. The fraction of sp³-hybridized carbons (Fsp3) is 0. The Hall–Kier alpha value is 5.52. The summed E-state index contributed by atoms with van der Waals surface area (Å²) in [4.78, 5) is 0. The Balaban J connectivity index is 0. The maximum Gasteiger partial charge on any atom is 0 e. The number of hydrogen-bond acceptors (Lipinski definition) is 0. The Bertz CT molecular complexity index is 4.85. The monoisotopic (exact) mass is 149 g/mol. The van der Waals surface area contributed by atoms with Crippen LogP contribution in [0.3, 0.4) is 0 Å². The maximum absolute atomic E-state index is 0. The van der Waals surface area contributed by atoms with Crippen molar-refractivity contribution >= 4 is 164 Å². The molecule has 0 bridgehead atoms. The Morgan fingerprint density at radius 2 is 0.400 bits per heavy atom. The van der Waals surface area contributed by atoms with Gasteiger partial charge < -0.3 is 0 Å². The van der Waals surface area contributed by atoms with E-state index in [1.165, 1.54) is 0 Å². The van der Waals surface area contributed by atoms with Gasteiger partial charge in [-0.3, -0.25) is 0 Å². The van der Waals surface area contributed by atoms with Crippen LogP contribution in [0.4, 0.5) is 0 Å². The molecule has 0 aromatic rings. The molecule has 0 rings (SSSR count). The van der Waals surface area contributed by atoms with Crippen LogP contribution in [0.1, 0.15) is 0 Å². The third-order valence-corrected chi connectivity index (χ3v) is 0. The zero-order valence-corrected chi connectivity index (χ0v) is 14.8. The van der Waals surface area contributed by atoms with E-state index in [1.807, 2.05) is 0 Å². The summed E-state index contributed by atoms with van der Waals surface area (Å²) in [6, 6.07) is 0. The van der Waals surface area contributed by atoms with Crippen molar-refractivity contribution in [2.45, 2.75) is 0 Å². The van der Waals surface area contributed by atoms with Gasteiger partial charge in [-0.2, -0.15) is 0 Å². The van der Waals surface area contributed by atoms with Crippen molar-refractivity contribution in [2.75, 3.05) is 0 Å². The van der Waals surface area contributed by atoms with Gasteiger partial charge in [0, 0.05) is 164 Å². The van der Waals surface area contributed by atoms with Gasteiger partial charge in [0.05, 0.1) is 0 Å². The predicted molar refractivity (Wildman–Crippen MR) is 28.8 cm³/mol. The summed E-state index contributed by atoms with van der Waals surface area (Å²) >= 11 is 0. The third-order valence-electron chi connectivity index (χ3n) is 0. The van der Waals surface area contributed by atoms with Crippen molar-refractivity contribution in [1.29, 1.82) is 0 Å². The van der Waals surface area contributed by atoms with Crippen molar-refractivity contribution in [2.24, 2.45) is 0 Å². The van der Waals surface area contributed by atoms with E-state index >= 15 is 0 Å². The van der Waals surface area contributed by atoms with Crippen LogP contribution < -0.4 is 0 Å². The molecule has 0 aliphatic rings. The average Bonchev–Trinajstić information content (AvgIpc) is 0. The fourth-order valence-corrected chi connectivity index (χ4v) is 0. The second-order valence-electron chi connectivity index (χ2n) is 0. The molecular formula is Ca2Na3. The summed E-state index contributed by atoms with van der Waals surface area (Å²) in [7, 11) is 0. The maximum atomic E-state index is 0. The van der Waals surface area contributed by atoms with Crippen molar-refractivity contribution in [1.82, 2.24) is 0 Å². The second kappa shape index (κ2) is 22.7. The standard InChI is InChI=1S/2Ca.3Na. The van der Waals surface area contributed by atoms with Crippen LogP contribution in [-0.2, 0) is 0 Å². The SMILES string of the molecule is [Ca].[Ca].[Na].[Na].[Na]. The Morgan fingerprint density at radius 1 is 0.400 bits per heavy atom. The molecule has 0 saturated heterocycles. The molecule has 0 aliphatic carbocycles. The number of hydrogen-bond donors (Lipinski definition) is 0. The van der Waals surface area contributed by atoms with Gasteiger partial charge in [0.2, 0.25) is 0 Å². The van der Waals surface area contributed by atoms with Crippen LogP contribution in [-0.4, -0.2) is 164 Å². The van der Waals surface area contributed by atoms with Crippen LogP contribution >= 0.6 is 0 Å². The quantitative estimate of drug-likeness (QED) is 0.353. The molecule has 0 atom stereocenters. The molecule has 0 spiro atoms. The van der Waals surface area contributed by atoms with Crippen molar-refractivity contribution in [3.63, 3.8) is 0 Å². The van der Waals surface area contributed by atoms with Gasteiger partial charge in [0.1, 0.15) is 0 Å². The molecule has 0 fully saturated rings. The van der Waals surface area contributed by atoms with Gasteiger partial charge in [0.25, 0.3) is 0 Å². The van der Waals surface area contributed by atoms with E-state index in [1.54, 1.807) is 0 Å². The van der Waals surface area contributed by atoms with E-state index in [0.29, 0.717) is 0 Å². The van der Waals surface area contributed by atoms with E-state index in [9.17, 15) is 0 Å². The van der Waals surface area contributed by atoms with E-state index in [2.05, 4.69) is 0 Å². The fourth-order valence-electron chi connectivity index (χ4n) is 0. The molecule has 0 heterocycles. The van der Waals surface area contributed by atoms with Crippen molar-refractivity contribution in [3.8, 4) is 0 Å². The van der Waals surface area contributed by atoms with Gasteiger partial charge in [0.15, 0.2) is 0 Å². The smallest absolute Gasteiger partial charge is 0 e. The normalized spacial score (nSPS) is 0. The molecule has 0 aromatic carbocycles. The summed E-state index contributed by atoms with van der Waals surface area (Å²) in [6.07, 6.45) is 0. The van der Waals surface area contributed by atoms with Crippen molar-refractivity contribution < 1.29 is 0 Å². The Labute approximate surface area is 159 Å². The minimum Gasteiger partial charge on any atom is 0 e. The molecule has 7 valence electrons. The van der Waals surface area contributed by atoms with Gasteiger partial charge in [-0.1, -0.05) is 0 Å². The molecule has 5 heteroatoms. The molecular weight excluding hydrogens is 149 g/mol. The minimum atomic E-state index is 0. The topological polar surface area (TPSA) is 0 Å². The first-order valence-electron chi connectivity index (χ1n) is 0. The van der Waals surface area contributed by atoms with Gasteiger partial charge in [-0.25, -0.2) is 0 Å². The van der Waals surface area contributed by atoms with Crippen molar-refractivity contribution in [3.05, 3.63) is 0 Å². The summed E-state index contributed by atoms with van der Waals surface area (Å²) in [5.74, 6) is 0. The first-order valence-corrected chi connectivity index (χ1v) is 0. The zero-order chi connectivity index (χ0) is 0. The third kappa shape index (κ3) is 17.7. The average molecular weight is 149 g/mol. The zero-order valence-electron chi connectivity index (χ0n) is 4.41. The van der Waals surface area contributed by atoms with Crippen LogP contribution in [0.15, 0.2) is 0 Å². The molecule has 0 aromatic heterocycles. The molecule has 0 saturated carbocycles. The van der Waals surface area contributed by atoms with E-state index in [4.69, 9.17) is 0 Å². The van der Waals surface area contributed by atoms with E-state index < -0.39 is 0 Å². The first-order chi connectivity index (χ1) is 0. The predicted octanol–water partition coefficient (Wildman–Crippen LogP) is -1.90. The molecule has 0 amide bonds. The largest absolute Gasteiger partial charge is 0 e. The van der Waals surface area contributed by atoms with Crippen LogP contribution in [0.2, 0.25) is 0 Å². The Morgan fingerprint density at radius 3 is 0.400 bits per heavy atom. The molecule has 0 aliphatic heterocycles. The molecule has 0 unspecified atom stereocenters. The number of rotatable bonds is 0. The minimum absolute atomic E-state index is 0. The molecule has 7 radical (unpaired) electrons. The molecule has 5 heavy (non-hydrogen) atoms. The summed E-state index contributed by atoms with van der Waals surface area (Å²) in [6.45, 7) is 0. The van der Waals surface area contributed by atoms with E-state index in [0.717, 1.165) is 0 Å². The van der Waals surface area contributed by atoms with E-state index in [-0.39, 0.29) is 164 Å². The van der Waals surface area contributed by atoms with Gasteiger partial charge in [-0.05, 0) is 0 Å². The summed E-state index contributed by atoms with van der Waals surface area (Å²) in [5, 5.41) is 0. The van der Waals surface area contributed by atoms with Crippen LogP contribution in [0.5, 0.6) is 0 Å². The summed E-state index contributed by atoms with van der Waals surface area (Å²) in [5.41, 5.74) is 0. The van der Waals surface area contributed by atoms with Crippen LogP contribution in [0.25, 0.3) is 0 Å². The van der Waals surface area contributed by atoms with Gasteiger partial charge in [-0.15, -0.1) is 0 Å². The molecule has 0 N–H and O–H groups in total. The van der Waals surface area contributed by atoms with Crippen LogP contribution in [0, 0.1) is 0 Å².